The summed E-state index contributed by atoms with van der Waals surface area (Å²) in [5, 5.41) is 13.5. The summed E-state index contributed by atoms with van der Waals surface area (Å²) in [6, 6.07) is 16.7. The van der Waals surface area contributed by atoms with Crippen LogP contribution in [-0.4, -0.2) is 41.7 Å². The zero-order valence-electron chi connectivity index (χ0n) is 16.2. The first-order chi connectivity index (χ1) is 13.0. The fraction of sp³-hybridized carbons (Fsp3) is 0.409. The van der Waals surface area contributed by atoms with Gasteiger partial charge in [-0.1, -0.05) is 50.2 Å². The highest BCUT2D eigenvalue weighted by Gasteiger charge is 2.18. The largest absolute Gasteiger partial charge is 0.390 e. The lowest BCUT2D eigenvalue weighted by molar-refractivity contribution is 0.112. The van der Waals surface area contributed by atoms with Crippen LogP contribution in [0, 0.1) is 0 Å². The third kappa shape index (κ3) is 5.55. The van der Waals surface area contributed by atoms with Gasteiger partial charge in [0, 0.05) is 25.3 Å². The molecule has 1 aliphatic rings. The van der Waals surface area contributed by atoms with Crippen molar-refractivity contribution in [2.24, 2.45) is 10.7 Å². The van der Waals surface area contributed by atoms with E-state index in [1.54, 1.807) is 0 Å². The molecule has 3 rings (SSSR count). The summed E-state index contributed by atoms with van der Waals surface area (Å²) in [7, 11) is 0. The van der Waals surface area contributed by atoms with Gasteiger partial charge in [-0.3, -0.25) is 9.89 Å². The normalized spacial score (nSPS) is 16.2. The molecule has 144 valence electrons. The van der Waals surface area contributed by atoms with Crippen molar-refractivity contribution in [3.63, 3.8) is 0 Å². The van der Waals surface area contributed by atoms with Crippen molar-refractivity contribution in [2.75, 3.05) is 25.0 Å². The van der Waals surface area contributed by atoms with E-state index in [0.717, 1.165) is 25.2 Å². The second-order valence-electron chi connectivity index (χ2n) is 7.54. The van der Waals surface area contributed by atoms with Crippen molar-refractivity contribution in [1.82, 2.24) is 4.90 Å². The molecule has 0 radical (unpaired) electrons. The lowest BCUT2D eigenvalue weighted by atomic mass is 10.00. The number of fused-ring (bicyclic) bond motifs is 1. The van der Waals surface area contributed by atoms with Gasteiger partial charge in [0.1, 0.15) is 0 Å². The van der Waals surface area contributed by atoms with E-state index < -0.39 is 6.10 Å². The summed E-state index contributed by atoms with van der Waals surface area (Å²) in [4.78, 5) is 6.59. The number of nitrogens with zero attached hydrogens (tertiary/aromatic N) is 2. The van der Waals surface area contributed by atoms with E-state index in [2.05, 4.69) is 65.5 Å². The maximum atomic E-state index is 10.3. The van der Waals surface area contributed by atoms with Crippen LogP contribution >= 0.6 is 0 Å². The molecule has 1 heterocycles. The smallest absolute Gasteiger partial charge is 0.193 e. The number of benzene rings is 2. The van der Waals surface area contributed by atoms with Gasteiger partial charge in [0.15, 0.2) is 5.96 Å². The van der Waals surface area contributed by atoms with Gasteiger partial charge in [-0.2, -0.15) is 0 Å². The SMILES string of the molecule is CC(C)c1cccc(NC(N)=NCC(O)CN2CCc3ccccc3C2)c1. The zero-order chi connectivity index (χ0) is 19.2. The van der Waals surface area contributed by atoms with Crippen molar-refractivity contribution >= 4 is 11.6 Å². The van der Waals surface area contributed by atoms with Crippen LogP contribution in [0.4, 0.5) is 5.69 Å². The van der Waals surface area contributed by atoms with Crippen LogP contribution in [0.1, 0.15) is 36.5 Å². The second-order valence-corrected chi connectivity index (χ2v) is 7.54. The molecule has 0 saturated heterocycles. The predicted octanol–water partition coefficient (Wildman–Crippen LogP) is 2.96. The topological polar surface area (TPSA) is 73.9 Å². The molecular formula is C22H30N4O. The first kappa shape index (κ1) is 19.4. The Morgan fingerprint density at radius 2 is 1.96 bits per heavy atom. The molecule has 2 aromatic rings. The van der Waals surface area contributed by atoms with Gasteiger partial charge < -0.3 is 16.2 Å². The van der Waals surface area contributed by atoms with Crippen LogP contribution in [0.5, 0.6) is 0 Å². The highest BCUT2D eigenvalue weighted by molar-refractivity contribution is 5.92. The van der Waals surface area contributed by atoms with Gasteiger partial charge in [-0.15, -0.1) is 0 Å². The van der Waals surface area contributed by atoms with Crippen LogP contribution in [0.2, 0.25) is 0 Å². The van der Waals surface area contributed by atoms with Gasteiger partial charge >= 0.3 is 0 Å². The lowest BCUT2D eigenvalue weighted by Crippen LogP contribution is -2.38. The first-order valence-corrected chi connectivity index (χ1v) is 9.65. The van der Waals surface area contributed by atoms with Gasteiger partial charge in [-0.05, 0) is 41.2 Å². The van der Waals surface area contributed by atoms with Crippen molar-refractivity contribution in [1.29, 1.82) is 0 Å². The highest BCUT2D eigenvalue weighted by Crippen LogP contribution is 2.19. The van der Waals surface area contributed by atoms with Crippen LogP contribution in [-0.2, 0) is 13.0 Å². The molecule has 0 aliphatic carbocycles. The summed E-state index contributed by atoms with van der Waals surface area (Å²) in [5.74, 6) is 0.792. The summed E-state index contributed by atoms with van der Waals surface area (Å²) < 4.78 is 0. The summed E-state index contributed by atoms with van der Waals surface area (Å²) in [6.07, 6.45) is 0.500. The number of hydrogen-bond acceptors (Lipinski definition) is 3. The minimum Gasteiger partial charge on any atom is -0.390 e. The fourth-order valence-electron chi connectivity index (χ4n) is 3.43. The monoisotopic (exact) mass is 366 g/mol. The van der Waals surface area contributed by atoms with Gasteiger partial charge in [0.05, 0.1) is 12.6 Å². The van der Waals surface area contributed by atoms with Crippen molar-refractivity contribution in [2.45, 2.75) is 38.8 Å². The van der Waals surface area contributed by atoms with Crippen molar-refractivity contribution < 1.29 is 5.11 Å². The maximum absolute atomic E-state index is 10.3. The van der Waals surface area contributed by atoms with E-state index >= 15 is 0 Å². The summed E-state index contributed by atoms with van der Waals surface area (Å²) >= 11 is 0. The summed E-state index contributed by atoms with van der Waals surface area (Å²) in [6.45, 7) is 7.06. The number of aliphatic hydroxyl groups excluding tert-OH is 1. The number of aliphatic imine (C=N–C) groups is 1. The molecule has 5 heteroatoms. The number of aliphatic hydroxyl groups is 1. The molecule has 0 amide bonds. The highest BCUT2D eigenvalue weighted by atomic mass is 16.3. The standard InChI is InChI=1S/C22H30N4O/c1-16(2)18-8-5-9-20(12-18)25-22(23)24-13-21(27)15-26-11-10-17-6-3-4-7-19(17)14-26/h3-9,12,16,21,27H,10-11,13-15H2,1-2H3,(H3,23,24,25). The Labute approximate surface area is 161 Å². The van der Waals surface area contributed by atoms with E-state index in [1.807, 2.05) is 12.1 Å². The summed E-state index contributed by atoms with van der Waals surface area (Å²) in [5.41, 5.74) is 10.9. The molecule has 1 unspecified atom stereocenters. The third-order valence-electron chi connectivity index (χ3n) is 4.98. The van der Waals surface area contributed by atoms with Gasteiger partial charge in [-0.25, -0.2) is 0 Å². The minimum atomic E-state index is -0.530. The predicted molar refractivity (Wildman–Crippen MR) is 112 cm³/mol. The van der Waals surface area contributed by atoms with E-state index in [9.17, 15) is 5.11 Å². The fourth-order valence-corrected chi connectivity index (χ4v) is 3.43. The number of guanidine groups is 1. The van der Waals surface area contributed by atoms with E-state index in [-0.39, 0.29) is 0 Å². The molecule has 27 heavy (non-hydrogen) atoms. The zero-order valence-corrected chi connectivity index (χ0v) is 16.2. The molecule has 0 fully saturated rings. The van der Waals surface area contributed by atoms with E-state index in [4.69, 9.17) is 5.73 Å². The Bertz CT molecular complexity index is 787. The number of nitrogens with one attached hydrogen (secondary N) is 1. The molecule has 1 aliphatic heterocycles. The second kappa shape index (κ2) is 9.02. The Kier molecular flexibility index (Phi) is 6.48. The Morgan fingerprint density at radius 1 is 1.19 bits per heavy atom. The molecule has 5 nitrogen and oxygen atoms in total. The van der Waals surface area contributed by atoms with E-state index in [1.165, 1.54) is 16.7 Å². The van der Waals surface area contributed by atoms with Gasteiger partial charge in [0.2, 0.25) is 0 Å². The molecule has 4 N–H and O–H groups in total. The van der Waals surface area contributed by atoms with Crippen LogP contribution in [0.15, 0.2) is 53.5 Å². The first-order valence-electron chi connectivity index (χ1n) is 9.65. The Morgan fingerprint density at radius 3 is 2.74 bits per heavy atom. The van der Waals surface area contributed by atoms with Crippen LogP contribution in [0.3, 0.4) is 0 Å². The molecule has 0 spiro atoms. The lowest BCUT2D eigenvalue weighted by Gasteiger charge is -2.30. The van der Waals surface area contributed by atoms with Crippen LogP contribution < -0.4 is 11.1 Å². The average molecular weight is 367 g/mol. The maximum Gasteiger partial charge on any atom is 0.193 e. The van der Waals surface area contributed by atoms with Crippen LogP contribution in [0.25, 0.3) is 0 Å². The molecule has 0 bridgehead atoms. The number of anilines is 1. The minimum absolute atomic E-state index is 0.293. The molecular weight excluding hydrogens is 336 g/mol. The third-order valence-corrected chi connectivity index (χ3v) is 4.98. The Balaban J connectivity index is 1.49. The number of β-amino-alcohol motifs (C(OH)–C–C–N with tert-alkyl or cyclic N) is 1. The van der Waals surface area contributed by atoms with Crippen molar-refractivity contribution in [3.05, 3.63) is 65.2 Å². The number of hydrogen-bond donors (Lipinski definition) is 3. The molecule has 1 atom stereocenters. The van der Waals surface area contributed by atoms with Crippen molar-refractivity contribution in [3.8, 4) is 0 Å². The number of rotatable bonds is 6. The number of nitrogens with two attached hydrogens (primary N) is 1. The Hall–Kier alpha value is -2.37. The van der Waals surface area contributed by atoms with E-state index in [0.29, 0.717) is 25.0 Å². The van der Waals surface area contributed by atoms with Gasteiger partial charge in [0.25, 0.3) is 0 Å². The average Bonchev–Trinajstić information content (AvgIpc) is 2.66. The molecule has 0 saturated carbocycles. The molecule has 2 aromatic carbocycles. The quantitative estimate of drug-likeness (QED) is 0.543. The molecule has 0 aromatic heterocycles.